The molecule has 0 saturated carbocycles. The summed E-state index contributed by atoms with van der Waals surface area (Å²) in [5, 5.41) is 0. The Morgan fingerprint density at radius 1 is 1.43 bits per heavy atom. The second kappa shape index (κ2) is 5.29. The van der Waals surface area contributed by atoms with Crippen LogP contribution >= 0.6 is 15.9 Å². The van der Waals surface area contributed by atoms with Gasteiger partial charge in [0, 0.05) is 12.1 Å². The van der Waals surface area contributed by atoms with Crippen LogP contribution in [-0.4, -0.2) is 14.2 Å². The van der Waals surface area contributed by atoms with E-state index in [-0.39, 0.29) is 5.82 Å². The van der Waals surface area contributed by atoms with Crippen molar-refractivity contribution in [2.75, 3.05) is 14.2 Å². The zero-order chi connectivity index (χ0) is 10.6. The molecular formula is C9H11BrFNO2. The lowest BCUT2D eigenvalue weighted by atomic mass is 10.2. The Morgan fingerprint density at radius 2 is 2.14 bits per heavy atom. The lowest BCUT2D eigenvalue weighted by molar-refractivity contribution is 0.0861. The summed E-state index contributed by atoms with van der Waals surface area (Å²) in [6, 6.07) is 3.02. The highest BCUT2D eigenvalue weighted by Gasteiger charge is 2.11. The molecule has 0 radical (unpaired) electrons. The molecule has 0 fully saturated rings. The Balaban J connectivity index is 2.98. The van der Waals surface area contributed by atoms with E-state index in [0.29, 0.717) is 16.8 Å². The Kier molecular flexibility index (Phi) is 4.31. The van der Waals surface area contributed by atoms with Crippen LogP contribution in [0.15, 0.2) is 16.6 Å². The molecule has 0 heterocycles. The lowest BCUT2D eigenvalue weighted by Crippen LogP contribution is -2.12. The molecule has 0 aliphatic carbocycles. The zero-order valence-electron chi connectivity index (χ0n) is 7.93. The first-order chi connectivity index (χ1) is 6.70. The van der Waals surface area contributed by atoms with Gasteiger partial charge in [-0.25, -0.2) is 4.39 Å². The molecule has 0 aliphatic rings. The van der Waals surface area contributed by atoms with Gasteiger partial charge in [0.1, 0.15) is 11.6 Å². The van der Waals surface area contributed by atoms with Crippen LogP contribution < -0.4 is 10.2 Å². The van der Waals surface area contributed by atoms with Gasteiger partial charge in [-0.3, -0.25) is 0 Å². The number of rotatable bonds is 4. The van der Waals surface area contributed by atoms with Gasteiger partial charge in [0.15, 0.2) is 0 Å². The fraction of sp³-hybridized carbons (Fsp3) is 0.333. The average molecular weight is 264 g/mol. The molecule has 1 rings (SSSR count). The molecule has 14 heavy (non-hydrogen) atoms. The summed E-state index contributed by atoms with van der Waals surface area (Å²) in [6.07, 6.45) is 0. The Bertz CT molecular complexity index is 320. The molecule has 0 spiro atoms. The molecule has 0 aliphatic heterocycles. The van der Waals surface area contributed by atoms with Crippen molar-refractivity contribution in [1.82, 2.24) is 5.48 Å². The van der Waals surface area contributed by atoms with Crippen molar-refractivity contribution in [3.05, 3.63) is 28.0 Å². The first kappa shape index (κ1) is 11.4. The number of hydrogen-bond acceptors (Lipinski definition) is 3. The van der Waals surface area contributed by atoms with Gasteiger partial charge in [-0.15, -0.1) is 0 Å². The molecule has 0 atom stereocenters. The van der Waals surface area contributed by atoms with Crippen molar-refractivity contribution in [3.63, 3.8) is 0 Å². The van der Waals surface area contributed by atoms with Gasteiger partial charge < -0.3 is 9.57 Å². The van der Waals surface area contributed by atoms with Gasteiger partial charge >= 0.3 is 0 Å². The van der Waals surface area contributed by atoms with Crippen LogP contribution in [0, 0.1) is 5.82 Å². The van der Waals surface area contributed by atoms with Crippen molar-refractivity contribution in [2.24, 2.45) is 0 Å². The van der Waals surface area contributed by atoms with E-state index in [0.717, 1.165) is 5.56 Å². The molecule has 1 aromatic carbocycles. The Morgan fingerprint density at radius 3 is 2.71 bits per heavy atom. The fourth-order valence-electron chi connectivity index (χ4n) is 1.08. The van der Waals surface area contributed by atoms with Crippen LogP contribution in [0.25, 0.3) is 0 Å². The summed E-state index contributed by atoms with van der Waals surface area (Å²) in [6.45, 7) is 0.457. The van der Waals surface area contributed by atoms with Crippen LogP contribution in [0.2, 0.25) is 0 Å². The average Bonchev–Trinajstić information content (AvgIpc) is 2.20. The quantitative estimate of drug-likeness (QED) is 0.846. The molecule has 1 N–H and O–H groups in total. The topological polar surface area (TPSA) is 30.5 Å². The van der Waals surface area contributed by atoms with E-state index in [4.69, 9.17) is 9.57 Å². The highest BCUT2D eigenvalue weighted by molar-refractivity contribution is 9.10. The summed E-state index contributed by atoms with van der Waals surface area (Å²) in [7, 11) is 3.01. The maximum absolute atomic E-state index is 13.1. The SMILES string of the molecule is CONCc1ccc(F)c(Br)c1OC. The van der Waals surface area contributed by atoms with Crippen LogP contribution in [-0.2, 0) is 11.4 Å². The highest BCUT2D eigenvalue weighted by atomic mass is 79.9. The minimum absolute atomic E-state index is 0.329. The third kappa shape index (κ3) is 2.43. The molecule has 0 saturated heterocycles. The minimum Gasteiger partial charge on any atom is -0.495 e. The summed E-state index contributed by atoms with van der Waals surface area (Å²) < 4.78 is 18.5. The second-order valence-electron chi connectivity index (χ2n) is 2.58. The second-order valence-corrected chi connectivity index (χ2v) is 3.37. The molecule has 3 nitrogen and oxygen atoms in total. The molecule has 1 aromatic rings. The van der Waals surface area contributed by atoms with Gasteiger partial charge in [-0.05, 0) is 22.0 Å². The number of hydroxylamine groups is 1. The van der Waals surface area contributed by atoms with E-state index in [1.165, 1.54) is 20.3 Å². The summed E-state index contributed by atoms with van der Waals surface area (Å²) in [5.74, 6) is 0.137. The van der Waals surface area contributed by atoms with E-state index in [1.807, 2.05) is 0 Å². The first-order valence-electron chi connectivity index (χ1n) is 3.97. The van der Waals surface area contributed by atoms with Crippen LogP contribution in [0.1, 0.15) is 5.56 Å². The Hall–Kier alpha value is -0.650. The standard InChI is InChI=1S/C9H11BrFNO2/c1-13-9-6(5-12-14-2)3-4-7(11)8(9)10/h3-4,12H,5H2,1-2H3. The monoisotopic (exact) mass is 263 g/mol. The third-order valence-electron chi connectivity index (χ3n) is 1.74. The van der Waals surface area contributed by atoms with Crippen molar-refractivity contribution in [2.45, 2.75) is 6.54 Å². The molecule has 0 unspecified atom stereocenters. The van der Waals surface area contributed by atoms with Crippen molar-refractivity contribution < 1.29 is 14.0 Å². The lowest BCUT2D eigenvalue weighted by Gasteiger charge is -2.10. The molecule has 5 heteroatoms. The molecule has 78 valence electrons. The predicted molar refractivity (Wildman–Crippen MR) is 54.5 cm³/mol. The maximum atomic E-state index is 13.1. The van der Waals surface area contributed by atoms with Gasteiger partial charge in [0.25, 0.3) is 0 Å². The van der Waals surface area contributed by atoms with Gasteiger partial charge in [0.05, 0.1) is 18.7 Å². The minimum atomic E-state index is -0.344. The van der Waals surface area contributed by atoms with Gasteiger partial charge in [-0.2, -0.15) is 5.48 Å². The van der Waals surface area contributed by atoms with Gasteiger partial charge in [0.2, 0.25) is 0 Å². The van der Waals surface area contributed by atoms with Crippen molar-refractivity contribution in [1.29, 1.82) is 0 Å². The van der Waals surface area contributed by atoms with Crippen LogP contribution in [0.5, 0.6) is 5.75 Å². The molecule has 0 bridgehead atoms. The van der Waals surface area contributed by atoms with Crippen molar-refractivity contribution in [3.8, 4) is 5.75 Å². The smallest absolute Gasteiger partial charge is 0.141 e. The number of methoxy groups -OCH3 is 1. The number of hydrogen-bond donors (Lipinski definition) is 1. The largest absolute Gasteiger partial charge is 0.495 e. The van der Waals surface area contributed by atoms with E-state index in [9.17, 15) is 4.39 Å². The number of ether oxygens (including phenoxy) is 1. The molecular weight excluding hydrogens is 253 g/mol. The van der Waals surface area contributed by atoms with E-state index < -0.39 is 0 Å². The summed E-state index contributed by atoms with van der Waals surface area (Å²) in [5.41, 5.74) is 3.48. The predicted octanol–water partition coefficient (Wildman–Crippen LogP) is 2.25. The Labute approximate surface area is 90.3 Å². The van der Waals surface area contributed by atoms with E-state index >= 15 is 0 Å². The fourth-order valence-corrected chi connectivity index (χ4v) is 1.63. The number of nitrogens with one attached hydrogen (secondary N) is 1. The highest BCUT2D eigenvalue weighted by Crippen LogP contribution is 2.31. The van der Waals surface area contributed by atoms with Crippen LogP contribution in [0.4, 0.5) is 4.39 Å². The molecule has 0 amide bonds. The van der Waals surface area contributed by atoms with Crippen molar-refractivity contribution >= 4 is 15.9 Å². The number of halogens is 2. The summed E-state index contributed by atoms with van der Waals surface area (Å²) in [4.78, 5) is 4.70. The zero-order valence-corrected chi connectivity index (χ0v) is 9.52. The first-order valence-corrected chi connectivity index (χ1v) is 4.76. The normalized spacial score (nSPS) is 10.3. The van der Waals surface area contributed by atoms with E-state index in [1.54, 1.807) is 6.07 Å². The maximum Gasteiger partial charge on any atom is 0.141 e. The van der Waals surface area contributed by atoms with Crippen LogP contribution in [0.3, 0.4) is 0 Å². The van der Waals surface area contributed by atoms with E-state index in [2.05, 4.69) is 21.4 Å². The number of benzene rings is 1. The third-order valence-corrected chi connectivity index (χ3v) is 2.48. The molecule has 0 aromatic heterocycles. The van der Waals surface area contributed by atoms with Gasteiger partial charge in [-0.1, -0.05) is 6.07 Å². The summed E-state index contributed by atoms with van der Waals surface area (Å²) >= 11 is 3.11.